The van der Waals surface area contributed by atoms with Crippen molar-refractivity contribution in [1.29, 1.82) is 0 Å². The molecule has 1 aliphatic carbocycles. The molecule has 1 atom stereocenters. The van der Waals surface area contributed by atoms with E-state index in [0.29, 0.717) is 19.8 Å². The van der Waals surface area contributed by atoms with Crippen molar-refractivity contribution in [2.45, 2.75) is 44.6 Å². The summed E-state index contributed by atoms with van der Waals surface area (Å²) in [7, 11) is 0. The van der Waals surface area contributed by atoms with Crippen LogP contribution in [0.3, 0.4) is 0 Å². The first-order chi connectivity index (χ1) is 14.4. The zero-order valence-corrected chi connectivity index (χ0v) is 17.2. The molecule has 0 aromatic heterocycles. The Hall–Kier alpha value is -1.99. The van der Waals surface area contributed by atoms with Crippen LogP contribution in [0.5, 0.6) is 11.5 Å². The average Bonchev–Trinajstić information content (AvgIpc) is 3.47. The fraction of sp³-hybridized carbons (Fsp3) is 0.682. The van der Waals surface area contributed by atoms with Crippen molar-refractivity contribution in [2.75, 3.05) is 51.4 Å². The van der Waals surface area contributed by atoms with Gasteiger partial charge in [0.15, 0.2) is 17.5 Å². The van der Waals surface area contributed by atoms with Gasteiger partial charge in [0.05, 0.1) is 25.9 Å². The molecule has 2 aliphatic heterocycles. The Balaban J connectivity index is 1.30. The van der Waals surface area contributed by atoms with Crippen LogP contribution in [0.2, 0.25) is 0 Å². The Morgan fingerprint density at radius 1 is 1.07 bits per heavy atom. The molecule has 1 aromatic carbocycles. The number of rotatable bonds is 9. The molecule has 0 bridgehead atoms. The van der Waals surface area contributed by atoms with E-state index in [9.17, 15) is 0 Å². The molecule has 1 saturated carbocycles. The molecule has 3 aliphatic rings. The molecule has 0 spiro atoms. The third-order valence-corrected chi connectivity index (χ3v) is 5.30. The summed E-state index contributed by atoms with van der Waals surface area (Å²) < 4.78 is 22.9. The predicted octanol–water partition coefficient (Wildman–Crippen LogP) is 3.20. The number of guanidine groups is 1. The maximum Gasteiger partial charge on any atom is 0.195 e. The van der Waals surface area contributed by atoms with E-state index in [0.717, 1.165) is 81.1 Å². The second-order valence-corrected chi connectivity index (χ2v) is 7.96. The first-order valence-corrected chi connectivity index (χ1v) is 11.0. The molecule has 1 unspecified atom stereocenters. The van der Waals surface area contributed by atoms with Crippen molar-refractivity contribution < 1.29 is 18.9 Å². The minimum absolute atomic E-state index is 0.222. The Morgan fingerprint density at radius 2 is 1.97 bits per heavy atom. The molecule has 0 amide bonds. The Labute approximate surface area is 173 Å². The molecule has 29 heavy (non-hydrogen) atoms. The van der Waals surface area contributed by atoms with Gasteiger partial charge in [-0.25, -0.2) is 0 Å². The van der Waals surface area contributed by atoms with Gasteiger partial charge in [0.25, 0.3) is 0 Å². The number of nitrogens with one attached hydrogen (secondary N) is 2. The zero-order chi connectivity index (χ0) is 19.7. The number of ether oxygens (including phenoxy) is 4. The fourth-order valence-electron chi connectivity index (χ4n) is 3.41. The van der Waals surface area contributed by atoms with E-state index in [2.05, 4.69) is 10.6 Å². The van der Waals surface area contributed by atoms with Gasteiger partial charge in [-0.1, -0.05) is 0 Å². The zero-order valence-electron chi connectivity index (χ0n) is 17.2. The Bertz CT molecular complexity index is 672. The van der Waals surface area contributed by atoms with Gasteiger partial charge in [0.2, 0.25) is 0 Å². The summed E-state index contributed by atoms with van der Waals surface area (Å²) in [5, 5.41) is 6.82. The topological polar surface area (TPSA) is 73.3 Å². The van der Waals surface area contributed by atoms with E-state index in [1.807, 2.05) is 18.2 Å². The van der Waals surface area contributed by atoms with Crippen molar-refractivity contribution in [3.8, 4) is 11.5 Å². The summed E-state index contributed by atoms with van der Waals surface area (Å²) in [6, 6.07) is 5.92. The first-order valence-electron chi connectivity index (χ1n) is 11.0. The molecule has 1 saturated heterocycles. The van der Waals surface area contributed by atoms with Crippen LogP contribution >= 0.6 is 0 Å². The van der Waals surface area contributed by atoms with Gasteiger partial charge in [-0.15, -0.1) is 0 Å². The number of nitrogens with zero attached hydrogens (tertiary/aromatic N) is 1. The number of hydrogen-bond acceptors (Lipinski definition) is 5. The standard InChI is InChI=1S/C22H33N3O4/c1-4-19(27-11-1)15-24-22(23-9-2-10-26-16-17-5-6-17)25-18-7-8-20-21(14-18)29-13-3-12-28-20/h7-8,14,17,19H,1-6,9-13,15-16H2,(H2,23,24,25). The molecule has 2 fully saturated rings. The quantitative estimate of drug-likeness (QED) is 0.375. The largest absolute Gasteiger partial charge is 0.490 e. The van der Waals surface area contributed by atoms with Gasteiger partial charge in [-0.2, -0.15) is 0 Å². The highest BCUT2D eigenvalue weighted by Crippen LogP contribution is 2.32. The van der Waals surface area contributed by atoms with Crippen LogP contribution in [0, 0.1) is 5.92 Å². The van der Waals surface area contributed by atoms with Crippen LogP contribution in [0.25, 0.3) is 0 Å². The second-order valence-electron chi connectivity index (χ2n) is 7.96. The summed E-state index contributed by atoms with van der Waals surface area (Å²) in [5.41, 5.74) is 0.929. The number of benzene rings is 1. The lowest BCUT2D eigenvalue weighted by atomic mass is 10.2. The van der Waals surface area contributed by atoms with Gasteiger partial charge >= 0.3 is 0 Å². The third-order valence-electron chi connectivity index (χ3n) is 5.30. The van der Waals surface area contributed by atoms with Gasteiger partial charge < -0.3 is 29.6 Å². The molecule has 0 radical (unpaired) electrons. The lowest BCUT2D eigenvalue weighted by molar-refractivity contribution is 0.117. The van der Waals surface area contributed by atoms with Crippen LogP contribution in [0.4, 0.5) is 5.69 Å². The second kappa shape index (κ2) is 10.7. The number of anilines is 1. The van der Waals surface area contributed by atoms with Gasteiger partial charge in [-0.05, 0) is 50.2 Å². The first kappa shape index (κ1) is 20.3. The number of hydrogen-bond donors (Lipinski definition) is 2. The smallest absolute Gasteiger partial charge is 0.195 e. The highest BCUT2D eigenvalue weighted by Gasteiger charge is 2.21. The molecule has 4 rings (SSSR count). The van der Waals surface area contributed by atoms with E-state index in [4.69, 9.17) is 23.9 Å². The van der Waals surface area contributed by atoms with E-state index >= 15 is 0 Å². The minimum atomic E-state index is 0.222. The van der Waals surface area contributed by atoms with E-state index < -0.39 is 0 Å². The van der Waals surface area contributed by atoms with Crippen LogP contribution in [0.1, 0.15) is 38.5 Å². The summed E-state index contributed by atoms with van der Waals surface area (Å²) in [6.07, 6.45) is 6.94. The molecular formula is C22H33N3O4. The number of aliphatic imine (C=N–C) groups is 1. The third kappa shape index (κ3) is 6.78. The van der Waals surface area contributed by atoms with E-state index in [1.54, 1.807) is 0 Å². The van der Waals surface area contributed by atoms with E-state index in [-0.39, 0.29) is 6.10 Å². The van der Waals surface area contributed by atoms with Crippen LogP contribution in [-0.2, 0) is 9.47 Å². The molecule has 160 valence electrons. The van der Waals surface area contributed by atoms with E-state index in [1.165, 1.54) is 12.8 Å². The SMILES string of the molecule is c1cc2c(cc1NC(=NCC1CCCO1)NCCCOCC1CC1)OCCCO2. The van der Waals surface area contributed by atoms with Crippen LogP contribution in [-0.4, -0.2) is 58.2 Å². The molecular weight excluding hydrogens is 370 g/mol. The lowest BCUT2D eigenvalue weighted by Gasteiger charge is -2.15. The summed E-state index contributed by atoms with van der Waals surface area (Å²) in [4.78, 5) is 4.74. The van der Waals surface area contributed by atoms with Crippen molar-refractivity contribution in [1.82, 2.24) is 5.32 Å². The summed E-state index contributed by atoms with van der Waals surface area (Å²) in [6.45, 7) is 5.39. The lowest BCUT2D eigenvalue weighted by Crippen LogP contribution is -2.33. The fourth-order valence-corrected chi connectivity index (χ4v) is 3.41. The van der Waals surface area contributed by atoms with Crippen molar-refractivity contribution in [2.24, 2.45) is 10.9 Å². The van der Waals surface area contributed by atoms with Gasteiger partial charge in [0, 0.05) is 44.5 Å². The molecule has 7 heteroatoms. The van der Waals surface area contributed by atoms with Crippen LogP contribution < -0.4 is 20.1 Å². The van der Waals surface area contributed by atoms with Gasteiger partial charge in [-0.3, -0.25) is 4.99 Å². The normalized spacial score (nSPS) is 21.7. The summed E-state index contributed by atoms with van der Waals surface area (Å²) >= 11 is 0. The summed E-state index contributed by atoms with van der Waals surface area (Å²) in [5.74, 6) is 3.15. The van der Waals surface area contributed by atoms with Gasteiger partial charge in [0.1, 0.15) is 0 Å². The highest BCUT2D eigenvalue weighted by atomic mass is 16.5. The Kier molecular flexibility index (Phi) is 7.48. The Morgan fingerprint density at radius 3 is 2.79 bits per heavy atom. The predicted molar refractivity (Wildman–Crippen MR) is 113 cm³/mol. The van der Waals surface area contributed by atoms with Crippen molar-refractivity contribution >= 4 is 11.6 Å². The highest BCUT2D eigenvalue weighted by molar-refractivity contribution is 5.94. The average molecular weight is 404 g/mol. The maximum atomic E-state index is 5.80. The van der Waals surface area contributed by atoms with Crippen molar-refractivity contribution in [3.63, 3.8) is 0 Å². The van der Waals surface area contributed by atoms with Crippen LogP contribution in [0.15, 0.2) is 23.2 Å². The monoisotopic (exact) mass is 403 g/mol. The molecule has 2 N–H and O–H groups in total. The number of fused-ring (bicyclic) bond motifs is 1. The minimum Gasteiger partial charge on any atom is -0.490 e. The molecule has 1 aromatic rings. The van der Waals surface area contributed by atoms with Crippen molar-refractivity contribution in [3.05, 3.63) is 18.2 Å². The molecule has 7 nitrogen and oxygen atoms in total. The molecule has 2 heterocycles. The maximum absolute atomic E-state index is 5.80.